The summed E-state index contributed by atoms with van der Waals surface area (Å²) in [5.41, 5.74) is 3.58. The summed E-state index contributed by atoms with van der Waals surface area (Å²) < 4.78 is 5.77. The Bertz CT molecular complexity index is 1280. The minimum atomic E-state index is -1.01. The number of carboxylic acid groups (broad SMARTS) is 1. The zero-order chi connectivity index (χ0) is 23.9. The van der Waals surface area contributed by atoms with Crippen LogP contribution in [-0.4, -0.2) is 33.6 Å². The van der Waals surface area contributed by atoms with Crippen molar-refractivity contribution >= 4 is 52.0 Å². The number of carbonyl (C=O) groups excluding carboxylic acids is 2. The van der Waals surface area contributed by atoms with Crippen molar-refractivity contribution in [1.82, 2.24) is 4.98 Å². The lowest BCUT2D eigenvalue weighted by Crippen LogP contribution is -2.14. The van der Waals surface area contributed by atoms with Crippen LogP contribution in [-0.2, 0) is 14.4 Å². The van der Waals surface area contributed by atoms with Gasteiger partial charge in [0, 0.05) is 28.3 Å². The summed E-state index contributed by atoms with van der Waals surface area (Å²) >= 11 is 1.36. The zero-order valence-corrected chi connectivity index (χ0v) is 18.8. The molecule has 2 amide bonds. The summed E-state index contributed by atoms with van der Waals surface area (Å²) in [6.07, 6.45) is -0.295. The number of carboxylic acids is 1. The highest BCUT2D eigenvalue weighted by molar-refractivity contribution is 8.00. The highest BCUT2D eigenvalue weighted by Gasteiger charge is 2.09. The van der Waals surface area contributed by atoms with E-state index in [1.165, 1.54) is 11.8 Å². The first-order valence-corrected chi connectivity index (χ1v) is 11.5. The standard InChI is InChI=1S/C25H21N3O5S/c29-22(13-14-24(31)32)26-18-9-11-19(12-10-18)34-15-23(30)27-17-7-5-16(6-8-17)25-28-20-3-1-2-4-21(20)33-25/h1-12H,13-15H2,(H,26,29)(H,27,30)(H,31,32). The van der Waals surface area contributed by atoms with Gasteiger partial charge in [-0.2, -0.15) is 0 Å². The summed E-state index contributed by atoms with van der Waals surface area (Å²) in [5.74, 6) is -0.776. The van der Waals surface area contributed by atoms with Gasteiger partial charge >= 0.3 is 5.97 Å². The minimum absolute atomic E-state index is 0.0816. The Morgan fingerprint density at radius 1 is 0.824 bits per heavy atom. The van der Waals surface area contributed by atoms with E-state index >= 15 is 0 Å². The largest absolute Gasteiger partial charge is 0.481 e. The number of carbonyl (C=O) groups is 3. The Balaban J connectivity index is 1.26. The van der Waals surface area contributed by atoms with Gasteiger partial charge in [0.05, 0.1) is 12.2 Å². The molecule has 0 saturated carbocycles. The normalized spacial score (nSPS) is 10.7. The highest BCUT2D eigenvalue weighted by atomic mass is 32.2. The van der Waals surface area contributed by atoms with Crippen LogP contribution in [0.25, 0.3) is 22.6 Å². The molecule has 3 N–H and O–H groups in total. The van der Waals surface area contributed by atoms with Crippen molar-refractivity contribution in [3.8, 4) is 11.5 Å². The molecule has 0 aliphatic rings. The van der Waals surface area contributed by atoms with E-state index < -0.39 is 5.97 Å². The molecular formula is C25H21N3O5S. The number of hydrogen-bond donors (Lipinski definition) is 3. The molecule has 0 spiro atoms. The lowest BCUT2D eigenvalue weighted by molar-refractivity contribution is -0.138. The fraction of sp³-hybridized carbons (Fsp3) is 0.120. The molecule has 3 aromatic carbocycles. The molecule has 0 aliphatic heterocycles. The molecule has 1 heterocycles. The van der Waals surface area contributed by atoms with Crippen LogP contribution in [0.1, 0.15) is 12.8 Å². The molecule has 172 valence electrons. The van der Waals surface area contributed by atoms with Gasteiger partial charge in [-0.1, -0.05) is 12.1 Å². The monoisotopic (exact) mass is 475 g/mol. The molecule has 0 aliphatic carbocycles. The second kappa shape index (κ2) is 10.7. The number of oxazole rings is 1. The van der Waals surface area contributed by atoms with Crippen LogP contribution < -0.4 is 10.6 Å². The number of hydrogen-bond acceptors (Lipinski definition) is 6. The molecule has 0 radical (unpaired) electrons. The predicted octanol–water partition coefficient (Wildman–Crippen LogP) is 5.03. The van der Waals surface area contributed by atoms with Crippen LogP contribution >= 0.6 is 11.8 Å². The number of amides is 2. The molecular weight excluding hydrogens is 454 g/mol. The van der Waals surface area contributed by atoms with Gasteiger partial charge in [0.25, 0.3) is 0 Å². The molecule has 0 saturated heterocycles. The second-order valence-electron chi connectivity index (χ2n) is 7.37. The summed E-state index contributed by atoms with van der Waals surface area (Å²) in [6, 6.07) is 21.9. The Morgan fingerprint density at radius 3 is 2.15 bits per heavy atom. The van der Waals surface area contributed by atoms with Crippen molar-refractivity contribution in [2.24, 2.45) is 0 Å². The Kier molecular flexibility index (Phi) is 7.24. The van der Waals surface area contributed by atoms with Gasteiger partial charge in [0.2, 0.25) is 17.7 Å². The summed E-state index contributed by atoms with van der Waals surface area (Å²) in [5, 5.41) is 14.1. The van der Waals surface area contributed by atoms with Gasteiger partial charge < -0.3 is 20.2 Å². The predicted molar refractivity (Wildman–Crippen MR) is 131 cm³/mol. The maximum absolute atomic E-state index is 12.3. The molecule has 0 atom stereocenters. The van der Waals surface area contributed by atoms with Crippen LogP contribution in [0.2, 0.25) is 0 Å². The average molecular weight is 476 g/mol. The van der Waals surface area contributed by atoms with E-state index in [2.05, 4.69) is 15.6 Å². The van der Waals surface area contributed by atoms with Gasteiger partial charge in [-0.25, -0.2) is 4.98 Å². The molecule has 8 nitrogen and oxygen atoms in total. The van der Waals surface area contributed by atoms with Crippen LogP contribution in [0.4, 0.5) is 11.4 Å². The first kappa shape index (κ1) is 23.1. The van der Waals surface area contributed by atoms with Crippen LogP contribution in [0, 0.1) is 0 Å². The van der Waals surface area contributed by atoms with Crippen molar-refractivity contribution in [1.29, 1.82) is 0 Å². The van der Waals surface area contributed by atoms with E-state index in [0.717, 1.165) is 21.6 Å². The number of nitrogens with one attached hydrogen (secondary N) is 2. The molecule has 1 aromatic heterocycles. The topological polar surface area (TPSA) is 122 Å². The van der Waals surface area contributed by atoms with E-state index in [4.69, 9.17) is 9.52 Å². The SMILES string of the molecule is O=C(O)CCC(=O)Nc1ccc(SCC(=O)Nc2ccc(-c3nc4ccccc4o3)cc2)cc1. The number of anilines is 2. The first-order chi connectivity index (χ1) is 16.5. The van der Waals surface area contributed by atoms with Crippen molar-refractivity contribution in [2.75, 3.05) is 16.4 Å². The smallest absolute Gasteiger partial charge is 0.303 e. The molecule has 0 unspecified atom stereocenters. The number of fused-ring (bicyclic) bond motifs is 1. The lowest BCUT2D eigenvalue weighted by atomic mass is 10.2. The van der Waals surface area contributed by atoms with E-state index in [9.17, 15) is 14.4 Å². The van der Waals surface area contributed by atoms with Crippen molar-refractivity contribution in [2.45, 2.75) is 17.7 Å². The third-order valence-corrected chi connectivity index (χ3v) is 5.80. The number of nitrogens with zero attached hydrogens (tertiary/aromatic N) is 1. The Labute approximate surface area is 199 Å². The maximum Gasteiger partial charge on any atom is 0.303 e. The highest BCUT2D eigenvalue weighted by Crippen LogP contribution is 2.25. The third kappa shape index (κ3) is 6.23. The molecule has 4 rings (SSSR count). The number of aliphatic carboxylic acids is 1. The van der Waals surface area contributed by atoms with Crippen molar-refractivity contribution < 1.29 is 23.9 Å². The van der Waals surface area contributed by atoms with E-state index in [-0.39, 0.29) is 30.4 Å². The van der Waals surface area contributed by atoms with Crippen LogP contribution in [0.15, 0.2) is 82.1 Å². The van der Waals surface area contributed by atoms with Crippen molar-refractivity contribution in [3.05, 3.63) is 72.8 Å². The van der Waals surface area contributed by atoms with Gasteiger partial charge in [0.1, 0.15) is 5.52 Å². The molecule has 0 bridgehead atoms. The van der Waals surface area contributed by atoms with E-state index in [1.807, 2.05) is 36.4 Å². The fourth-order valence-electron chi connectivity index (χ4n) is 3.12. The van der Waals surface area contributed by atoms with Gasteiger partial charge in [-0.3, -0.25) is 14.4 Å². The van der Waals surface area contributed by atoms with Crippen LogP contribution in [0.5, 0.6) is 0 Å². The zero-order valence-electron chi connectivity index (χ0n) is 18.0. The molecule has 0 fully saturated rings. The first-order valence-electron chi connectivity index (χ1n) is 10.5. The van der Waals surface area contributed by atoms with E-state index in [0.29, 0.717) is 17.3 Å². The van der Waals surface area contributed by atoms with Gasteiger partial charge in [-0.05, 0) is 60.7 Å². The Morgan fingerprint density at radius 2 is 1.47 bits per heavy atom. The molecule has 4 aromatic rings. The maximum atomic E-state index is 12.3. The number of thioether (sulfide) groups is 1. The Hall–Kier alpha value is -4.11. The second-order valence-corrected chi connectivity index (χ2v) is 8.42. The lowest BCUT2D eigenvalue weighted by Gasteiger charge is -2.07. The third-order valence-electron chi connectivity index (χ3n) is 4.78. The van der Waals surface area contributed by atoms with E-state index in [1.54, 1.807) is 36.4 Å². The fourth-order valence-corrected chi connectivity index (χ4v) is 3.81. The molecule has 9 heteroatoms. The summed E-state index contributed by atoms with van der Waals surface area (Å²) in [4.78, 5) is 39.9. The number of para-hydroxylation sites is 2. The number of rotatable bonds is 9. The van der Waals surface area contributed by atoms with Crippen molar-refractivity contribution in [3.63, 3.8) is 0 Å². The van der Waals surface area contributed by atoms with Crippen LogP contribution in [0.3, 0.4) is 0 Å². The number of benzene rings is 3. The van der Waals surface area contributed by atoms with Gasteiger partial charge in [-0.15, -0.1) is 11.8 Å². The summed E-state index contributed by atoms with van der Waals surface area (Å²) in [6.45, 7) is 0. The number of aromatic nitrogens is 1. The molecule has 34 heavy (non-hydrogen) atoms. The minimum Gasteiger partial charge on any atom is -0.481 e. The average Bonchev–Trinajstić information content (AvgIpc) is 3.27. The summed E-state index contributed by atoms with van der Waals surface area (Å²) in [7, 11) is 0. The quantitative estimate of drug-likeness (QED) is 0.290. The van der Waals surface area contributed by atoms with Gasteiger partial charge in [0.15, 0.2) is 5.58 Å².